The molecule has 2 aromatic heterocycles. The fourth-order valence-electron chi connectivity index (χ4n) is 6.31. The number of carbonyl (C=O) groups excluding carboxylic acids is 2. The molecule has 0 radical (unpaired) electrons. The predicted molar refractivity (Wildman–Crippen MR) is 184 cm³/mol. The van der Waals surface area contributed by atoms with Crippen LogP contribution in [-0.2, 0) is 12.8 Å². The van der Waals surface area contributed by atoms with Crippen molar-refractivity contribution in [2.24, 2.45) is 0 Å². The molecule has 2 aromatic carbocycles. The van der Waals surface area contributed by atoms with Gasteiger partial charge in [-0.1, -0.05) is 102 Å². The maximum Gasteiger partial charge on any atom is 0.197 e. The normalized spacial score (nSPS) is 12.5. The molecule has 4 nitrogen and oxygen atoms in total. The largest absolute Gasteiger partial charge is 0.508 e. The van der Waals surface area contributed by atoms with Gasteiger partial charge in [-0.25, -0.2) is 0 Å². The van der Waals surface area contributed by atoms with Crippen LogP contribution in [0.5, 0.6) is 11.5 Å². The lowest BCUT2D eigenvalue weighted by Crippen LogP contribution is -2.21. The van der Waals surface area contributed by atoms with Gasteiger partial charge in [-0.15, -0.1) is 22.7 Å². The third-order valence-corrected chi connectivity index (χ3v) is 11.2. The Morgan fingerprint density at radius 2 is 0.932 bits per heavy atom. The van der Waals surface area contributed by atoms with Gasteiger partial charge in [-0.2, -0.15) is 0 Å². The lowest BCUT2D eigenvalue weighted by Gasteiger charge is -2.17. The second kappa shape index (κ2) is 15.2. The number of ketones is 2. The van der Waals surface area contributed by atoms with Gasteiger partial charge >= 0.3 is 0 Å². The number of aryl methyl sites for hydroxylation is 2. The maximum atomic E-state index is 14.6. The summed E-state index contributed by atoms with van der Waals surface area (Å²) >= 11 is 3.07. The Hall–Kier alpha value is -3.22. The number of rotatable bonds is 16. The molecule has 1 aliphatic carbocycles. The smallest absolute Gasteiger partial charge is 0.197 e. The molecule has 0 unspecified atom stereocenters. The second-order valence-corrected chi connectivity index (χ2v) is 14.2. The summed E-state index contributed by atoms with van der Waals surface area (Å²) in [5, 5.41) is 20.6. The number of benzene rings is 2. The molecular formula is C38H44O4S2. The molecule has 6 heteroatoms. The molecule has 0 fully saturated rings. The first-order valence-corrected chi connectivity index (χ1v) is 18.1. The van der Waals surface area contributed by atoms with Gasteiger partial charge in [-0.05, 0) is 61.1 Å². The first-order chi connectivity index (χ1) is 21.4. The zero-order chi connectivity index (χ0) is 31.1. The van der Waals surface area contributed by atoms with E-state index >= 15 is 0 Å². The van der Waals surface area contributed by atoms with Crippen molar-refractivity contribution in [1.82, 2.24) is 0 Å². The maximum absolute atomic E-state index is 14.6. The summed E-state index contributed by atoms with van der Waals surface area (Å²) in [6.07, 6.45) is 15.7. The van der Waals surface area contributed by atoms with Crippen LogP contribution in [0, 0.1) is 0 Å². The Morgan fingerprint density at radius 3 is 1.34 bits per heavy atom. The summed E-state index contributed by atoms with van der Waals surface area (Å²) in [4.78, 5) is 32.8. The summed E-state index contributed by atoms with van der Waals surface area (Å²) in [5.74, 6) is 0.0581. The molecule has 0 amide bonds. The molecule has 0 saturated heterocycles. The van der Waals surface area contributed by atoms with Crippen molar-refractivity contribution in [3.63, 3.8) is 0 Å². The van der Waals surface area contributed by atoms with Gasteiger partial charge in [0.15, 0.2) is 11.6 Å². The van der Waals surface area contributed by atoms with Crippen LogP contribution >= 0.6 is 22.7 Å². The van der Waals surface area contributed by atoms with Crippen molar-refractivity contribution in [2.75, 3.05) is 0 Å². The summed E-state index contributed by atoms with van der Waals surface area (Å²) < 4.78 is 0. The van der Waals surface area contributed by atoms with Crippen molar-refractivity contribution < 1.29 is 19.8 Å². The fourth-order valence-corrected chi connectivity index (χ4v) is 8.98. The van der Waals surface area contributed by atoms with Crippen LogP contribution < -0.4 is 0 Å². The van der Waals surface area contributed by atoms with Crippen LogP contribution in [0.4, 0.5) is 0 Å². The molecule has 1 aliphatic rings. The number of phenolic OH excluding ortho intramolecular Hbond substituents is 2. The molecule has 0 aliphatic heterocycles. The monoisotopic (exact) mass is 628 g/mol. The first kappa shape index (κ1) is 32.2. The number of hydrogen-bond donors (Lipinski definition) is 2. The predicted octanol–water partition coefficient (Wildman–Crippen LogP) is 11.1. The second-order valence-electron chi connectivity index (χ2n) is 12.0. The van der Waals surface area contributed by atoms with Crippen LogP contribution in [0.15, 0.2) is 48.5 Å². The minimum absolute atomic E-state index is 0.0815. The van der Waals surface area contributed by atoms with Gasteiger partial charge in [0.1, 0.15) is 11.5 Å². The van der Waals surface area contributed by atoms with E-state index in [-0.39, 0.29) is 23.1 Å². The molecule has 0 atom stereocenters. The molecule has 0 bridgehead atoms. The molecule has 2 N–H and O–H groups in total. The number of fused-ring (bicyclic) bond motifs is 2. The minimum Gasteiger partial charge on any atom is -0.508 e. The number of thiophene rings is 2. The van der Waals surface area contributed by atoms with E-state index in [1.807, 2.05) is 12.1 Å². The number of phenols is 2. The molecule has 4 aromatic rings. The van der Waals surface area contributed by atoms with Crippen LogP contribution in [0.2, 0.25) is 0 Å². The van der Waals surface area contributed by atoms with Crippen LogP contribution in [0.3, 0.4) is 0 Å². The molecule has 44 heavy (non-hydrogen) atoms. The van der Waals surface area contributed by atoms with Crippen molar-refractivity contribution in [3.8, 4) is 32.4 Å². The first-order valence-electron chi connectivity index (χ1n) is 16.4. The van der Waals surface area contributed by atoms with Crippen molar-refractivity contribution in [2.45, 2.75) is 104 Å². The third-order valence-electron chi connectivity index (χ3n) is 8.60. The van der Waals surface area contributed by atoms with Gasteiger partial charge in [0, 0.05) is 30.6 Å². The van der Waals surface area contributed by atoms with Crippen molar-refractivity contribution in [1.29, 1.82) is 0 Å². The summed E-state index contributed by atoms with van der Waals surface area (Å²) in [7, 11) is 0. The number of hydrogen-bond acceptors (Lipinski definition) is 6. The van der Waals surface area contributed by atoms with Crippen LogP contribution in [0.25, 0.3) is 20.9 Å². The highest BCUT2D eigenvalue weighted by Crippen LogP contribution is 2.50. The molecule has 0 spiro atoms. The van der Waals surface area contributed by atoms with E-state index in [1.165, 1.54) is 62.7 Å². The van der Waals surface area contributed by atoms with Crippen LogP contribution in [0.1, 0.15) is 132 Å². The summed E-state index contributed by atoms with van der Waals surface area (Å²) in [6.45, 7) is 4.45. The van der Waals surface area contributed by atoms with Crippen molar-refractivity contribution >= 4 is 34.2 Å². The van der Waals surface area contributed by atoms with E-state index in [2.05, 4.69) is 13.8 Å². The van der Waals surface area contributed by atoms with E-state index in [4.69, 9.17) is 0 Å². The Bertz CT molecular complexity index is 1490. The minimum atomic E-state index is -0.0815. The van der Waals surface area contributed by atoms with E-state index in [9.17, 15) is 19.8 Å². The zero-order valence-electron chi connectivity index (χ0n) is 26.0. The molecule has 5 rings (SSSR count). The number of aromatic hydroxyl groups is 2. The lowest BCUT2D eigenvalue weighted by molar-refractivity contribution is 0.0980. The zero-order valence-corrected chi connectivity index (χ0v) is 27.7. The molecule has 232 valence electrons. The third kappa shape index (κ3) is 7.02. The average Bonchev–Trinajstić information content (AvgIpc) is 3.60. The Balaban J connectivity index is 1.57. The average molecular weight is 629 g/mol. The number of carbonyl (C=O) groups is 2. The quantitative estimate of drug-likeness (QED) is 0.107. The topological polar surface area (TPSA) is 74.6 Å². The van der Waals surface area contributed by atoms with Gasteiger partial charge in [0.05, 0.1) is 11.1 Å². The molecule has 0 saturated carbocycles. The van der Waals surface area contributed by atoms with Crippen LogP contribution in [-0.4, -0.2) is 21.8 Å². The Labute approximate surface area is 269 Å². The van der Waals surface area contributed by atoms with Gasteiger partial charge in [0.2, 0.25) is 0 Å². The highest BCUT2D eigenvalue weighted by atomic mass is 32.1. The van der Waals surface area contributed by atoms with Gasteiger partial charge < -0.3 is 10.2 Å². The molecular weight excluding hydrogens is 585 g/mol. The standard InChI is InChI=1S/C38H44O4S2/c1-3-5-7-9-11-13-21-29-31-32(30(43-29)22-14-12-10-8-6-4-2)36(42)34-33(35(31)41)37(25-17-15-19-27(39)23-25)44-38(34)26-18-16-20-28(40)24-26/h15-20,23-24,39-40H,3-14,21-22H2,1-2H3. The van der Waals surface area contributed by atoms with E-state index in [0.717, 1.165) is 48.3 Å². The Kier molecular flexibility index (Phi) is 11.1. The van der Waals surface area contributed by atoms with E-state index in [1.54, 1.807) is 47.7 Å². The van der Waals surface area contributed by atoms with Gasteiger partial charge in [0.25, 0.3) is 0 Å². The SMILES string of the molecule is CCCCCCCCc1sc(CCCCCCCC)c2c1C(=O)c1c(-c3cccc(O)c3)sc(-c3cccc(O)c3)c1C2=O. The fraction of sp³-hybridized carbons (Fsp3) is 0.421. The highest BCUT2D eigenvalue weighted by molar-refractivity contribution is 7.20. The van der Waals surface area contributed by atoms with E-state index < -0.39 is 0 Å². The molecule has 2 heterocycles. The van der Waals surface area contributed by atoms with E-state index in [0.29, 0.717) is 43.1 Å². The number of unbranched alkanes of at least 4 members (excludes halogenated alkanes) is 10. The summed E-state index contributed by atoms with van der Waals surface area (Å²) in [6, 6.07) is 13.8. The Morgan fingerprint density at radius 1 is 0.523 bits per heavy atom. The highest BCUT2D eigenvalue weighted by Gasteiger charge is 2.41. The van der Waals surface area contributed by atoms with Gasteiger partial charge in [-0.3, -0.25) is 9.59 Å². The van der Waals surface area contributed by atoms with Crippen molar-refractivity contribution in [3.05, 3.63) is 80.5 Å². The lowest BCUT2D eigenvalue weighted by atomic mass is 9.81. The summed E-state index contributed by atoms with van der Waals surface area (Å²) in [5.41, 5.74) is 3.52.